The van der Waals surface area contributed by atoms with Crippen molar-refractivity contribution in [1.82, 2.24) is 15.3 Å². The van der Waals surface area contributed by atoms with Gasteiger partial charge in [0.05, 0.1) is 11.4 Å². The summed E-state index contributed by atoms with van der Waals surface area (Å²) in [5.41, 5.74) is 2.16. The molecule has 2 aromatic heterocycles. The summed E-state index contributed by atoms with van der Waals surface area (Å²) in [6.07, 6.45) is 9.27. The van der Waals surface area contributed by atoms with Gasteiger partial charge in [-0.25, -0.2) is 0 Å². The summed E-state index contributed by atoms with van der Waals surface area (Å²) in [6.45, 7) is 0. The van der Waals surface area contributed by atoms with Crippen molar-refractivity contribution in [3.8, 4) is 11.4 Å². The minimum atomic E-state index is -0.0125. The monoisotopic (exact) mass is 281 g/mol. The van der Waals surface area contributed by atoms with E-state index in [2.05, 4.69) is 15.3 Å². The zero-order valence-corrected chi connectivity index (χ0v) is 12.0. The van der Waals surface area contributed by atoms with Crippen LogP contribution in [-0.4, -0.2) is 21.9 Å². The van der Waals surface area contributed by atoms with Crippen LogP contribution in [0, 0.1) is 0 Å². The number of rotatable bonds is 3. The van der Waals surface area contributed by atoms with Crippen LogP contribution in [-0.2, 0) is 0 Å². The molecule has 1 amide bonds. The second-order valence-corrected chi connectivity index (χ2v) is 5.45. The van der Waals surface area contributed by atoms with Crippen molar-refractivity contribution in [2.75, 3.05) is 0 Å². The molecule has 0 bridgehead atoms. The summed E-state index contributed by atoms with van der Waals surface area (Å²) < 4.78 is 0. The topological polar surface area (TPSA) is 54.9 Å². The largest absolute Gasteiger partial charge is 0.349 e. The third kappa shape index (κ3) is 3.45. The Morgan fingerprint density at radius 2 is 1.81 bits per heavy atom. The van der Waals surface area contributed by atoms with E-state index in [0.29, 0.717) is 11.6 Å². The summed E-state index contributed by atoms with van der Waals surface area (Å²) in [5, 5.41) is 3.13. The van der Waals surface area contributed by atoms with Gasteiger partial charge in [-0.05, 0) is 37.1 Å². The van der Waals surface area contributed by atoms with E-state index < -0.39 is 0 Å². The summed E-state index contributed by atoms with van der Waals surface area (Å²) in [4.78, 5) is 20.9. The maximum absolute atomic E-state index is 12.3. The van der Waals surface area contributed by atoms with Crippen LogP contribution in [0.4, 0.5) is 0 Å². The number of nitrogens with zero attached hydrogens (tertiary/aromatic N) is 2. The van der Waals surface area contributed by atoms with Gasteiger partial charge in [0.1, 0.15) is 0 Å². The minimum absolute atomic E-state index is 0.0125. The standard InChI is InChI=1S/C17H19N3O/c21-17(20-14-6-2-1-3-7-14)13-9-11-19-16(12-13)15-8-4-5-10-18-15/h4-5,8-12,14H,1-3,6-7H2,(H,20,21). The highest BCUT2D eigenvalue weighted by molar-refractivity contribution is 5.95. The molecule has 21 heavy (non-hydrogen) atoms. The van der Waals surface area contributed by atoms with Gasteiger partial charge in [-0.15, -0.1) is 0 Å². The molecule has 1 fully saturated rings. The van der Waals surface area contributed by atoms with E-state index >= 15 is 0 Å². The average Bonchev–Trinajstić information content (AvgIpc) is 2.57. The number of nitrogens with one attached hydrogen (secondary N) is 1. The van der Waals surface area contributed by atoms with Gasteiger partial charge >= 0.3 is 0 Å². The van der Waals surface area contributed by atoms with Crippen LogP contribution in [0.2, 0.25) is 0 Å². The Bertz CT molecular complexity index is 606. The van der Waals surface area contributed by atoms with Crippen LogP contribution in [0.5, 0.6) is 0 Å². The van der Waals surface area contributed by atoms with Crippen molar-refractivity contribution in [1.29, 1.82) is 0 Å². The third-order valence-corrected chi connectivity index (χ3v) is 3.89. The van der Waals surface area contributed by atoms with E-state index in [1.54, 1.807) is 24.5 Å². The first-order chi connectivity index (χ1) is 10.3. The van der Waals surface area contributed by atoms with Crippen LogP contribution in [0.1, 0.15) is 42.5 Å². The van der Waals surface area contributed by atoms with Crippen molar-refractivity contribution >= 4 is 5.91 Å². The lowest BCUT2D eigenvalue weighted by Gasteiger charge is -2.22. The predicted octanol–water partition coefficient (Wildman–Crippen LogP) is 3.21. The molecule has 4 nitrogen and oxygen atoms in total. The molecule has 0 spiro atoms. The van der Waals surface area contributed by atoms with Gasteiger partial charge in [-0.3, -0.25) is 14.8 Å². The first-order valence-electron chi connectivity index (χ1n) is 7.51. The first kappa shape index (κ1) is 13.7. The predicted molar refractivity (Wildman–Crippen MR) is 81.8 cm³/mol. The van der Waals surface area contributed by atoms with Gasteiger partial charge < -0.3 is 5.32 Å². The highest BCUT2D eigenvalue weighted by Gasteiger charge is 2.17. The van der Waals surface area contributed by atoms with E-state index in [-0.39, 0.29) is 5.91 Å². The molecule has 1 aliphatic carbocycles. The third-order valence-electron chi connectivity index (χ3n) is 3.89. The Morgan fingerprint density at radius 3 is 2.57 bits per heavy atom. The van der Waals surface area contributed by atoms with Crippen molar-refractivity contribution in [3.05, 3.63) is 48.3 Å². The number of pyridine rings is 2. The molecule has 0 atom stereocenters. The van der Waals surface area contributed by atoms with E-state index in [9.17, 15) is 4.79 Å². The Kier molecular flexibility index (Phi) is 4.24. The summed E-state index contributed by atoms with van der Waals surface area (Å²) in [5.74, 6) is -0.0125. The van der Waals surface area contributed by atoms with Crippen LogP contribution in [0.15, 0.2) is 42.7 Å². The lowest BCUT2D eigenvalue weighted by atomic mass is 9.95. The smallest absolute Gasteiger partial charge is 0.251 e. The highest BCUT2D eigenvalue weighted by Crippen LogP contribution is 2.19. The maximum Gasteiger partial charge on any atom is 0.251 e. The molecule has 1 N–H and O–H groups in total. The second-order valence-electron chi connectivity index (χ2n) is 5.45. The van der Waals surface area contributed by atoms with Crippen LogP contribution in [0.25, 0.3) is 11.4 Å². The average molecular weight is 281 g/mol. The Hall–Kier alpha value is -2.23. The van der Waals surface area contributed by atoms with Gasteiger partial charge in [-0.2, -0.15) is 0 Å². The molecule has 108 valence electrons. The van der Waals surface area contributed by atoms with E-state index in [0.717, 1.165) is 24.2 Å². The number of amides is 1. The van der Waals surface area contributed by atoms with Gasteiger partial charge in [0.15, 0.2) is 0 Å². The second kappa shape index (κ2) is 6.48. The van der Waals surface area contributed by atoms with Crippen molar-refractivity contribution in [3.63, 3.8) is 0 Å². The lowest BCUT2D eigenvalue weighted by Crippen LogP contribution is -2.36. The number of hydrogen-bond acceptors (Lipinski definition) is 3. The number of aromatic nitrogens is 2. The fourth-order valence-electron chi connectivity index (χ4n) is 2.74. The number of carbonyl (C=O) groups excluding carboxylic acids is 1. The van der Waals surface area contributed by atoms with E-state index in [4.69, 9.17) is 0 Å². The molecule has 2 heterocycles. The van der Waals surface area contributed by atoms with Crippen LogP contribution in [0.3, 0.4) is 0 Å². The molecule has 1 saturated carbocycles. The SMILES string of the molecule is O=C(NC1CCCCC1)c1ccnc(-c2ccccn2)c1. The summed E-state index contributed by atoms with van der Waals surface area (Å²) in [6, 6.07) is 9.55. The maximum atomic E-state index is 12.3. The van der Waals surface area contributed by atoms with Crippen molar-refractivity contribution in [2.24, 2.45) is 0 Å². The van der Waals surface area contributed by atoms with E-state index in [1.165, 1.54) is 19.3 Å². The summed E-state index contributed by atoms with van der Waals surface area (Å²) >= 11 is 0. The van der Waals surface area contributed by atoms with Crippen LogP contribution >= 0.6 is 0 Å². The quantitative estimate of drug-likeness (QED) is 0.940. The molecule has 0 unspecified atom stereocenters. The zero-order chi connectivity index (χ0) is 14.5. The molecular formula is C17H19N3O. The van der Waals surface area contributed by atoms with Gasteiger partial charge in [0, 0.05) is 24.0 Å². The van der Waals surface area contributed by atoms with Gasteiger partial charge in [-0.1, -0.05) is 25.3 Å². The number of carbonyl (C=O) groups is 1. The van der Waals surface area contributed by atoms with Crippen LogP contribution < -0.4 is 5.32 Å². The molecule has 0 aromatic carbocycles. The number of hydrogen-bond donors (Lipinski definition) is 1. The highest BCUT2D eigenvalue weighted by atomic mass is 16.1. The molecule has 0 saturated heterocycles. The fourth-order valence-corrected chi connectivity index (χ4v) is 2.74. The first-order valence-corrected chi connectivity index (χ1v) is 7.51. The lowest BCUT2D eigenvalue weighted by molar-refractivity contribution is 0.0927. The molecule has 0 radical (unpaired) electrons. The normalized spacial score (nSPS) is 15.6. The molecule has 2 aromatic rings. The van der Waals surface area contributed by atoms with E-state index in [1.807, 2.05) is 18.2 Å². The Morgan fingerprint density at radius 1 is 1.00 bits per heavy atom. The Balaban J connectivity index is 1.74. The summed E-state index contributed by atoms with van der Waals surface area (Å²) in [7, 11) is 0. The van der Waals surface area contributed by atoms with Gasteiger partial charge in [0.25, 0.3) is 5.91 Å². The Labute approximate surface area is 124 Å². The molecule has 4 heteroatoms. The molecular weight excluding hydrogens is 262 g/mol. The molecule has 0 aliphatic heterocycles. The van der Waals surface area contributed by atoms with Gasteiger partial charge in [0.2, 0.25) is 0 Å². The zero-order valence-electron chi connectivity index (χ0n) is 12.0. The van der Waals surface area contributed by atoms with Crippen molar-refractivity contribution in [2.45, 2.75) is 38.1 Å². The fraction of sp³-hybridized carbons (Fsp3) is 0.353. The van der Waals surface area contributed by atoms with Crippen molar-refractivity contribution < 1.29 is 4.79 Å². The molecule has 1 aliphatic rings. The molecule has 3 rings (SSSR count). The minimum Gasteiger partial charge on any atom is -0.349 e.